The molecule has 0 heterocycles. The number of anilines is 1. The number of nitrogens with one attached hydrogen (secondary N) is 1. The number of amides is 1. The zero-order chi connectivity index (χ0) is 23.1. The average Bonchev–Trinajstić information content (AvgIpc) is 3.51. The first-order chi connectivity index (χ1) is 15.0. The molecular formula is C28H35NO3. The lowest BCUT2D eigenvalue weighted by atomic mass is 9.63. The molecule has 0 atom stereocenters. The van der Waals surface area contributed by atoms with E-state index in [9.17, 15) is 9.59 Å². The molecule has 0 spiro atoms. The molecule has 0 aliphatic heterocycles. The molecule has 1 saturated carbocycles. The van der Waals surface area contributed by atoms with Crippen molar-refractivity contribution in [3.05, 3.63) is 64.7 Å². The van der Waals surface area contributed by atoms with Crippen molar-refractivity contribution in [1.82, 2.24) is 0 Å². The van der Waals surface area contributed by atoms with Crippen molar-refractivity contribution in [1.29, 1.82) is 0 Å². The lowest BCUT2D eigenvalue weighted by molar-refractivity contribution is -0.120. The smallest absolute Gasteiger partial charge is 0.338 e. The number of rotatable bonds is 6. The van der Waals surface area contributed by atoms with Crippen LogP contribution in [0.15, 0.2) is 42.5 Å². The standard InChI is InChI=1S/C28H35NO3/c1-26(2)13-14-27(3,4)23-18-20(8-11-22(23)26)24(30)32-17-12-19-6-9-21(10-7-19)29-25(31)28(5)15-16-28/h6-11,18H,12-17H2,1-5H3,(H,29,31). The second kappa shape index (κ2) is 8.06. The maximum Gasteiger partial charge on any atom is 0.338 e. The Morgan fingerprint density at radius 3 is 2.09 bits per heavy atom. The third kappa shape index (κ3) is 4.60. The van der Waals surface area contributed by atoms with Crippen LogP contribution in [0.1, 0.15) is 87.4 Å². The monoisotopic (exact) mass is 433 g/mol. The Kier molecular flexibility index (Phi) is 5.68. The summed E-state index contributed by atoms with van der Waals surface area (Å²) in [6, 6.07) is 13.8. The van der Waals surface area contributed by atoms with Crippen LogP contribution in [0.4, 0.5) is 5.69 Å². The third-order valence-electron chi connectivity index (χ3n) is 7.47. The summed E-state index contributed by atoms with van der Waals surface area (Å²) in [4.78, 5) is 24.9. The molecular weight excluding hydrogens is 398 g/mol. The summed E-state index contributed by atoms with van der Waals surface area (Å²) < 4.78 is 5.58. The lowest BCUT2D eigenvalue weighted by Gasteiger charge is -2.41. The van der Waals surface area contributed by atoms with E-state index in [1.807, 2.05) is 43.3 Å². The second-order valence-corrected chi connectivity index (χ2v) is 11.1. The summed E-state index contributed by atoms with van der Waals surface area (Å²) in [7, 11) is 0. The van der Waals surface area contributed by atoms with E-state index in [2.05, 4.69) is 39.1 Å². The largest absolute Gasteiger partial charge is 0.462 e. The van der Waals surface area contributed by atoms with Gasteiger partial charge in [-0.1, -0.05) is 52.8 Å². The maximum atomic E-state index is 12.7. The van der Waals surface area contributed by atoms with Crippen LogP contribution in [-0.2, 0) is 26.8 Å². The van der Waals surface area contributed by atoms with Crippen molar-refractivity contribution < 1.29 is 14.3 Å². The van der Waals surface area contributed by atoms with E-state index in [0.29, 0.717) is 18.6 Å². The minimum atomic E-state index is -0.270. The van der Waals surface area contributed by atoms with Gasteiger partial charge in [0.15, 0.2) is 0 Å². The maximum absolute atomic E-state index is 12.7. The molecule has 0 aromatic heterocycles. The molecule has 170 valence electrons. The van der Waals surface area contributed by atoms with Crippen LogP contribution < -0.4 is 5.32 Å². The molecule has 32 heavy (non-hydrogen) atoms. The molecule has 2 aliphatic rings. The summed E-state index contributed by atoms with van der Waals surface area (Å²) in [5.74, 6) is -0.177. The molecule has 4 heteroatoms. The van der Waals surface area contributed by atoms with Crippen LogP contribution in [0.2, 0.25) is 0 Å². The van der Waals surface area contributed by atoms with Crippen LogP contribution >= 0.6 is 0 Å². The number of hydrogen-bond acceptors (Lipinski definition) is 3. The molecule has 1 amide bonds. The van der Waals surface area contributed by atoms with Crippen molar-refractivity contribution in [3.8, 4) is 0 Å². The number of carbonyl (C=O) groups excluding carboxylic acids is 2. The van der Waals surface area contributed by atoms with Gasteiger partial charge in [-0.2, -0.15) is 0 Å². The van der Waals surface area contributed by atoms with Gasteiger partial charge in [-0.25, -0.2) is 4.79 Å². The number of fused-ring (bicyclic) bond motifs is 1. The lowest BCUT2D eigenvalue weighted by Crippen LogP contribution is -2.34. The van der Waals surface area contributed by atoms with E-state index in [0.717, 1.165) is 36.9 Å². The van der Waals surface area contributed by atoms with Crippen LogP contribution in [0, 0.1) is 5.41 Å². The van der Waals surface area contributed by atoms with Gasteiger partial charge in [0.05, 0.1) is 12.2 Å². The highest BCUT2D eigenvalue weighted by Crippen LogP contribution is 2.46. The predicted molar refractivity (Wildman–Crippen MR) is 128 cm³/mol. The Hall–Kier alpha value is -2.62. The second-order valence-electron chi connectivity index (χ2n) is 11.1. The van der Waals surface area contributed by atoms with E-state index < -0.39 is 0 Å². The van der Waals surface area contributed by atoms with Gasteiger partial charge in [-0.3, -0.25) is 4.79 Å². The van der Waals surface area contributed by atoms with Gasteiger partial charge in [-0.15, -0.1) is 0 Å². The first-order valence-corrected chi connectivity index (χ1v) is 11.7. The Labute approximate surface area is 191 Å². The number of esters is 1. The SMILES string of the molecule is CC1(C(=O)Nc2ccc(CCOC(=O)c3ccc4c(c3)C(C)(C)CCC4(C)C)cc2)CC1. The fraction of sp³-hybridized carbons (Fsp3) is 0.500. The number of carbonyl (C=O) groups is 2. The minimum absolute atomic E-state index is 0.0647. The van der Waals surface area contributed by atoms with Crippen molar-refractivity contribution >= 4 is 17.6 Å². The molecule has 2 aromatic carbocycles. The highest BCUT2D eigenvalue weighted by Gasteiger charge is 2.44. The van der Waals surface area contributed by atoms with Crippen LogP contribution in [0.5, 0.6) is 0 Å². The van der Waals surface area contributed by atoms with E-state index in [-0.39, 0.29) is 28.1 Å². The third-order valence-corrected chi connectivity index (χ3v) is 7.47. The zero-order valence-electron chi connectivity index (χ0n) is 20.0. The first kappa shape index (κ1) is 22.6. The van der Waals surface area contributed by atoms with Crippen LogP contribution in [-0.4, -0.2) is 18.5 Å². The van der Waals surface area contributed by atoms with Crippen molar-refractivity contribution in [3.63, 3.8) is 0 Å². The Morgan fingerprint density at radius 2 is 1.47 bits per heavy atom. The Balaban J connectivity index is 1.34. The number of benzene rings is 2. The highest BCUT2D eigenvalue weighted by atomic mass is 16.5. The van der Waals surface area contributed by atoms with Crippen LogP contribution in [0.25, 0.3) is 0 Å². The van der Waals surface area contributed by atoms with E-state index >= 15 is 0 Å². The molecule has 0 unspecified atom stereocenters. The van der Waals surface area contributed by atoms with E-state index in [4.69, 9.17) is 4.74 Å². The van der Waals surface area contributed by atoms with Gasteiger partial charge in [0, 0.05) is 17.5 Å². The average molecular weight is 434 g/mol. The van der Waals surface area contributed by atoms with Gasteiger partial charge < -0.3 is 10.1 Å². The topological polar surface area (TPSA) is 55.4 Å². The van der Waals surface area contributed by atoms with E-state index in [1.165, 1.54) is 11.1 Å². The van der Waals surface area contributed by atoms with Crippen LogP contribution in [0.3, 0.4) is 0 Å². The molecule has 4 rings (SSSR count). The fourth-order valence-electron chi connectivity index (χ4n) is 4.51. The summed E-state index contributed by atoms with van der Waals surface area (Å²) >= 11 is 0. The summed E-state index contributed by atoms with van der Waals surface area (Å²) in [5, 5.41) is 2.98. The molecule has 1 fully saturated rings. The van der Waals surface area contributed by atoms with Gasteiger partial charge in [0.2, 0.25) is 5.91 Å². The number of hydrogen-bond donors (Lipinski definition) is 1. The molecule has 2 aromatic rings. The van der Waals surface area contributed by atoms with Gasteiger partial charge in [-0.05, 0) is 77.5 Å². The summed E-state index contributed by atoms with van der Waals surface area (Å²) in [6.45, 7) is 11.4. The molecule has 2 aliphatic carbocycles. The van der Waals surface area contributed by atoms with Gasteiger partial charge in [0.1, 0.15) is 0 Å². The first-order valence-electron chi connectivity index (χ1n) is 11.7. The molecule has 0 radical (unpaired) electrons. The minimum Gasteiger partial charge on any atom is -0.462 e. The number of ether oxygens (including phenoxy) is 1. The molecule has 4 nitrogen and oxygen atoms in total. The van der Waals surface area contributed by atoms with Crippen molar-refractivity contribution in [2.45, 2.75) is 77.6 Å². The summed E-state index contributed by atoms with van der Waals surface area (Å²) in [6.07, 6.45) is 4.82. The molecule has 0 bridgehead atoms. The predicted octanol–water partition coefficient (Wildman–Crippen LogP) is 6.17. The summed E-state index contributed by atoms with van der Waals surface area (Å²) in [5.41, 5.74) is 5.12. The van der Waals surface area contributed by atoms with Crippen molar-refractivity contribution in [2.24, 2.45) is 5.41 Å². The highest BCUT2D eigenvalue weighted by molar-refractivity contribution is 5.96. The normalized spacial score (nSPS) is 19.5. The molecule has 1 N–H and O–H groups in total. The zero-order valence-corrected chi connectivity index (χ0v) is 20.0. The quantitative estimate of drug-likeness (QED) is 0.554. The molecule has 0 saturated heterocycles. The Bertz CT molecular complexity index is 1030. The van der Waals surface area contributed by atoms with Gasteiger partial charge in [0.25, 0.3) is 0 Å². The fourth-order valence-corrected chi connectivity index (χ4v) is 4.51. The van der Waals surface area contributed by atoms with E-state index in [1.54, 1.807) is 0 Å². The van der Waals surface area contributed by atoms with Crippen molar-refractivity contribution in [2.75, 3.05) is 11.9 Å². The van der Waals surface area contributed by atoms with Gasteiger partial charge >= 0.3 is 5.97 Å². The Morgan fingerprint density at radius 1 is 0.844 bits per heavy atom.